The third kappa shape index (κ3) is 2.53. The maximum absolute atomic E-state index is 11.8. The van der Waals surface area contributed by atoms with E-state index >= 15 is 0 Å². The van der Waals surface area contributed by atoms with Crippen molar-refractivity contribution in [1.82, 2.24) is 5.32 Å². The molecular formula is C13H23NO. The Morgan fingerprint density at radius 2 is 1.80 bits per heavy atom. The molecule has 2 saturated carbocycles. The number of fused-ring (bicyclic) bond motifs is 1. The van der Waals surface area contributed by atoms with Gasteiger partial charge in [0.1, 0.15) is 0 Å². The molecule has 0 aromatic heterocycles. The zero-order chi connectivity index (χ0) is 11.0. The van der Waals surface area contributed by atoms with Crippen molar-refractivity contribution >= 4 is 5.91 Å². The Balaban J connectivity index is 1.68. The highest BCUT2D eigenvalue weighted by molar-refractivity contribution is 5.79. The van der Waals surface area contributed by atoms with E-state index in [0.717, 1.165) is 31.2 Å². The summed E-state index contributed by atoms with van der Waals surface area (Å²) in [6.07, 6.45) is 3.71. The van der Waals surface area contributed by atoms with Gasteiger partial charge < -0.3 is 5.32 Å². The zero-order valence-electron chi connectivity index (χ0n) is 10.1. The molecule has 0 saturated heterocycles. The van der Waals surface area contributed by atoms with Crippen molar-refractivity contribution in [2.45, 2.75) is 40.0 Å². The van der Waals surface area contributed by atoms with E-state index in [1.165, 1.54) is 6.42 Å². The number of hydrogen-bond donors (Lipinski definition) is 1. The van der Waals surface area contributed by atoms with E-state index in [1.54, 1.807) is 0 Å². The van der Waals surface area contributed by atoms with Gasteiger partial charge in [-0.05, 0) is 42.9 Å². The highest BCUT2D eigenvalue weighted by Gasteiger charge is 2.47. The summed E-state index contributed by atoms with van der Waals surface area (Å²) < 4.78 is 0. The van der Waals surface area contributed by atoms with Crippen LogP contribution in [0.2, 0.25) is 0 Å². The van der Waals surface area contributed by atoms with E-state index in [0.29, 0.717) is 23.7 Å². The lowest BCUT2D eigenvalue weighted by atomic mass is 9.97. The number of carbonyl (C=O) groups is 1. The van der Waals surface area contributed by atoms with Crippen LogP contribution in [0, 0.1) is 29.6 Å². The summed E-state index contributed by atoms with van der Waals surface area (Å²) in [5.74, 6) is 3.71. The van der Waals surface area contributed by atoms with Crippen molar-refractivity contribution < 1.29 is 4.79 Å². The van der Waals surface area contributed by atoms with Gasteiger partial charge in [0.05, 0.1) is 0 Å². The van der Waals surface area contributed by atoms with Gasteiger partial charge >= 0.3 is 0 Å². The fourth-order valence-corrected chi connectivity index (χ4v) is 2.57. The largest absolute Gasteiger partial charge is 0.356 e. The highest BCUT2D eigenvalue weighted by atomic mass is 16.1. The van der Waals surface area contributed by atoms with E-state index in [9.17, 15) is 4.79 Å². The van der Waals surface area contributed by atoms with Crippen LogP contribution in [0.5, 0.6) is 0 Å². The summed E-state index contributed by atoms with van der Waals surface area (Å²) in [6, 6.07) is 0. The Kier molecular flexibility index (Phi) is 3.03. The van der Waals surface area contributed by atoms with Crippen LogP contribution < -0.4 is 5.32 Å². The zero-order valence-corrected chi connectivity index (χ0v) is 10.1. The molecule has 0 bridgehead atoms. The van der Waals surface area contributed by atoms with Gasteiger partial charge in [0.15, 0.2) is 0 Å². The number of carbonyl (C=O) groups excluding carboxylic acids is 1. The van der Waals surface area contributed by atoms with Gasteiger partial charge in [-0.3, -0.25) is 4.79 Å². The first-order valence-electron chi connectivity index (χ1n) is 6.35. The molecule has 2 nitrogen and oxygen atoms in total. The molecule has 2 aliphatic carbocycles. The molecule has 0 aromatic rings. The smallest absolute Gasteiger partial charge is 0.223 e. The van der Waals surface area contributed by atoms with Crippen LogP contribution in [0.1, 0.15) is 40.0 Å². The predicted octanol–water partition coefficient (Wildman–Crippen LogP) is 2.44. The second-order valence-corrected chi connectivity index (χ2v) is 5.89. The standard InChI is InChI=1S/C13H23NO/c1-8(2)9(3)7-14-13(15)12-5-10-4-11(10)6-12/h8-12H,4-7H2,1-3H3,(H,14,15). The average Bonchev–Trinajstić information content (AvgIpc) is 2.81. The fraction of sp³-hybridized carbons (Fsp3) is 0.923. The molecule has 0 spiro atoms. The Hall–Kier alpha value is -0.530. The first-order valence-corrected chi connectivity index (χ1v) is 6.35. The molecule has 0 aromatic carbocycles. The molecule has 2 aliphatic rings. The lowest BCUT2D eigenvalue weighted by Crippen LogP contribution is -2.34. The van der Waals surface area contributed by atoms with Crippen molar-refractivity contribution in [2.24, 2.45) is 29.6 Å². The molecular weight excluding hydrogens is 186 g/mol. The third-order valence-electron chi connectivity index (χ3n) is 4.35. The minimum Gasteiger partial charge on any atom is -0.356 e. The van der Waals surface area contributed by atoms with Crippen LogP contribution in [-0.4, -0.2) is 12.5 Å². The molecule has 3 atom stereocenters. The molecule has 2 heteroatoms. The maximum atomic E-state index is 11.8. The SMILES string of the molecule is CC(C)C(C)CNC(=O)C1CC2CC2C1. The Morgan fingerprint density at radius 1 is 1.20 bits per heavy atom. The van der Waals surface area contributed by atoms with Crippen LogP contribution >= 0.6 is 0 Å². The van der Waals surface area contributed by atoms with E-state index in [4.69, 9.17) is 0 Å². The summed E-state index contributed by atoms with van der Waals surface area (Å²) in [7, 11) is 0. The van der Waals surface area contributed by atoms with Gasteiger partial charge in [-0.25, -0.2) is 0 Å². The van der Waals surface area contributed by atoms with Gasteiger partial charge in [0, 0.05) is 12.5 Å². The molecule has 0 heterocycles. The third-order valence-corrected chi connectivity index (χ3v) is 4.35. The predicted molar refractivity (Wildman–Crippen MR) is 61.3 cm³/mol. The molecule has 3 unspecified atom stereocenters. The molecule has 1 amide bonds. The van der Waals surface area contributed by atoms with E-state index in [-0.39, 0.29) is 0 Å². The van der Waals surface area contributed by atoms with Crippen LogP contribution in [-0.2, 0) is 4.79 Å². The van der Waals surface area contributed by atoms with Crippen molar-refractivity contribution in [1.29, 1.82) is 0 Å². The number of amides is 1. The van der Waals surface area contributed by atoms with Gasteiger partial charge in [-0.2, -0.15) is 0 Å². The quantitative estimate of drug-likeness (QED) is 0.757. The van der Waals surface area contributed by atoms with Crippen LogP contribution in [0.25, 0.3) is 0 Å². The minimum atomic E-state index is 0.315. The minimum absolute atomic E-state index is 0.315. The Morgan fingerprint density at radius 3 is 2.33 bits per heavy atom. The molecule has 2 rings (SSSR count). The van der Waals surface area contributed by atoms with Gasteiger partial charge in [0.25, 0.3) is 0 Å². The van der Waals surface area contributed by atoms with Crippen LogP contribution in [0.4, 0.5) is 0 Å². The van der Waals surface area contributed by atoms with Crippen LogP contribution in [0.15, 0.2) is 0 Å². The van der Waals surface area contributed by atoms with Gasteiger partial charge in [0.2, 0.25) is 5.91 Å². The second kappa shape index (κ2) is 4.15. The highest BCUT2D eigenvalue weighted by Crippen LogP contribution is 2.54. The second-order valence-electron chi connectivity index (χ2n) is 5.89. The summed E-state index contributed by atoms with van der Waals surface area (Å²) in [4.78, 5) is 11.8. The van der Waals surface area contributed by atoms with Gasteiger partial charge in [-0.15, -0.1) is 0 Å². The summed E-state index contributed by atoms with van der Waals surface area (Å²) >= 11 is 0. The number of rotatable bonds is 4. The fourth-order valence-electron chi connectivity index (χ4n) is 2.57. The molecule has 1 N–H and O–H groups in total. The van der Waals surface area contributed by atoms with Gasteiger partial charge in [-0.1, -0.05) is 20.8 Å². The normalized spacial score (nSPS) is 35.1. The molecule has 15 heavy (non-hydrogen) atoms. The molecule has 86 valence electrons. The monoisotopic (exact) mass is 209 g/mol. The summed E-state index contributed by atoms with van der Waals surface area (Å²) in [5, 5.41) is 3.11. The van der Waals surface area contributed by atoms with Crippen molar-refractivity contribution in [2.75, 3.05) is 6.54 Å². The molecule has 0 radical (unpaired) electrons. The number of nitrogens with one attached hydrogen (secondary N) is 1. The maximum Gasteiger partial charge on any atom is 0.223 e. The van der Waals surface area contributed by atoms with Crippen molar-refractivity contribution in [3.63, 3.8) is 0 Å². The van der Waals surface area contributed by atoms with E-state index in [1.807, 2.05) is 0 Å². The number of hydrogen-bond acceptors (Lipinski definition) is 1. The molecule has 2 fully saturated rings. The van der Waals surface area contributed by atoms with E-state index < -0.39 is 0 Å². The summed E-state index contributed by atoms with van der Waals surface area (Å²) in [5.41, 5.74) is 0. The molecule has 0 aliphatic heterocycles. The topological polar surface area (TPSA) is 29.1 Å². The first-order chi connectivity index (χ1) is 7.08. The lowest BCUT2D eigenvalue weighted by Gasteiger charge is -2.18. The van der Waals surface area contributed by atoms with Crippen molar-refractivity contribution in [3.8, 4) is 0 Å². The Labute approximate surface area is 92.8 Å². The summed E-state index contributed by atoms with van der Waals surface area (Å²) in [6.45, 7) is 7.47. The Bertz CT molecular complexity index is 239. The first kappa shape index (κ1) is 11.0. The van der Waals surface area contributed by atoms with Crippen LogP contribution in [0.3, 0.4) is 0 Å². The average molecular weight is 209 g/mol. The lowest BCUT2D eigenvalue weighted by molar-refractivity contribution is -0.125. The van der Waals surface area contributed by atoms with Crippen molar-refractivity contribution in [3.05, 3.63) is 0 Å². The van der Waals surface area contributed by atoms with E-state index in [2.05, 4.69) is 26.1 Å².